The first-order chi connectivity index (χ1) is 6.15. The Balaban J connectivity index is 2.99. The third-order valence-electron chi connectivity index (χ3n) is 2.29. The fraction of sp³-hybridized carbons (Fsp3) is 0.545. The number of pyridine rings is 1. The molecule has 0 aliphatic rings. The predicted octanol–water partition coefficient (Wildman–Crippen LogP) is 3.63. The van der Waals surface area contributed by atoms with Crippen molar-refractivity contribution in [3.8, 4) is 0 Å². The summed E-state index contributed by atoms with van der Waals surface area (Å²) in [4.78, 5) is 0. The summed E-state index contributed by atoms with van der Waals surface area (Å²) in [6.45, 7) is 7.58. The number of unbranched alkanes of at least 4 members (excludes halogenated alkanes) is 1. The number of hydrogen-bond donors (Lipinski definition) is 0. The summed E-state index contributed by atoms with van der Waals surface area (Å²) >= 11 is 5.15. The van der Waals surface area contributed by atoms with E-state index in [1.54, 1.807) is 0 Å². The van der Waals surface area contributed by atoms with E-state index in [1.807, 2.05) is 0 Å². The van der Waals surface area contributed by atoms with Gasteiger partial charge >= 0.3 is 0 Å². The van der Waals surface area contributed by atoms with Gasteiger partial charge in [0.05, 0.1) is 0 Å². The molecule has 0 radical (unpaired) electrons. The van der Waals surface area contributed by atoms with Crippen molar-refractivity contribution in [2.24, 2.45) is 0 Å². The van der Waals surface area contributed by atoms with Crippen LogP contribution in [0.3, 0.4) is 0 Å². The summed E-state index contributed by atoms with van der Waals surface area (Å²) in [7, 11) is 0. The average Bonchev–Trinajstić information content (AvgIpc) is 2.02. The fourth-order valence-electron chi connectivity index (χ4n) is 1.56. The largest absolute Gasteiger partial charge is 0.349 e. The Kier molecular flexibility index (Phi) is 3.67. The molecule has 0 unspecified atom stereocenters. The maximum atomic E-state index is 5.15. The van der Waals surface area contributed by atoms with Crippen LogP contribution in [0.15, 0.2) is 12.1 Å². The van der Waals surface area contributed by atoms with Gasteiger partial charge in [-0.2, -0.15) is 0 Å². The van der Waals surface area contributed by atoms with Gasteiger partial charge in [-0.05, 0) is 32.4 Å². The molecule has 0 atom stereocenters. The molecule has 0 bridgehead atoms. The zero-order valence-corrected chi connectivity index (χ0v) is 9.45. The summed E-state index contributed by atoms with van der Waals surface area (Å²) in [5.41, 5.74) is 2.55. The molecule has 1 rings (SSSR count). The van der Waals surface area contributed by atoms with Crippen LogP contribution in [0.4, 0.5) is 0 Å². The predicted molar refractivity (Wildman–Crippen MR) is 59.6 cm³/mol. The van der Waals surface area contributed by atoms with Crippen molar-refractivity contribution in [1.82, 2.24) is 4.57 Å². The standard InChI is InChI=1S/C11H17NS/c1-4-5-6-12-9(2)7-11(13)8-10(12)3/h7-8H,4-6H2,1-3H3. The van der Waals surface area contributed by atoms with Gasteiger partial charge in [0.15, 0.2) is 0 Å². The maximum Gasteiger partial charge on any atom is 0.0411 e. The van der Waals surface area contributed by atoms with Crippen LogP contribution in [0.2, 0.25) is 0 Å². The molecule has 1 aromatic rings. The normalized spacial score (nSPS) is 10.4. The SMILES string of the molecule is CCCCn1c(C)cc(=S)cc1C. The fourth-order valence-corrected chi connectivity index (χ4v) is 1.90. The monoisotopic (exact) mass is 195 g/mol. The molecule has 13 heavy (non-hydrogen) atoms. The van der Waals surface area contributed by atoms with Gasteiger partial charge in [-0.25, -0.2) is 0 Å². The van der Waals surface area contributed by atoms with Crippen LogP contribution in [0.25, 0.3) is 0 Å². The van der Waals surface area contributed by atoms with E-state index in [0.29, 0.717) is 0 Å². The highest BCUT2D eigenvalue weighted by Crippen LogP contribution is 2.08. The van der Waals surface area contributed by atoms with Crippen LogP contribution in [0, 0.1) is 18.4 Å². The molecule has 0 aliphatic heterocycles. The smallest absolute Gasteiger partial charge is 0.0411 e. The minimum absolute atomic E-state index is 0.947. The van der Waals surface area contributed by atoms with Crippen molar-refractivity contribution in [2.45, 2.75) is 40.2 Å². The number of hydrogen-bond acceptors (Lipinski definition) is 1. The molecule has 0 amide bonds. The average molecular weight is 195 g/mol. The van der Waals surface area contributed by atoms with E-state index in [-0.39, 0.29) is 0 Å². The molecule has 0 saturated carbocycles. The summed E-state index contributed by atoms with van der Waals surface area (Å²) in [6, 6.07) is 4.13. The summed E-state index contributed by atoms with van der Waals surface area (Å²) in [5, 5.41) is 0. The Labute approximate surface area is 85.4 Å². The Morgan fingerprint density at radius 1 is 1.23 bits per heavy atom. The Hall–Kier alpha value is -0.630. The van der Waals surface area contributed by atoms with Gasteiger partial charge in [-0.1, -0.05) is 25.6 Å². The lowest BCUT2D eigenvalue weighted by Gasteiger charge is -2.13. The van der Waals surface area contributed by atoms with Gasteiger partial charge in [0.2, 0.25) is 0 Å². The Morgan fingerprint density at radius 2 is 1.77 bits per heavy atom. The van der Waals surface area contributed by atoms with E-state index in [1.165, 1.54) is 24.2 Å². The lowest BCUT2D eigenvalue weighted by atomic mass is 10.2. The molecule has 2 heteroatoms. The van der Waals surface area contributed by atoms with Crippen molar-refractivity contribution in [3.05, 3.63) is 28.0 Å². The van der Waals surface area contributed by atoms with Crippen LogP contribution >= 0.6 is 12.2 Å². The summed E-state index contributed by atoms with van der Waals surface area (Å²) in [6.07, 6.45) is 2.48. The zero-order valence-electron chi connectivity index (χ0n) is 8.63. The maximum absolute atomic E-state index is 5.15. The van der Waals surface area contributed by atoms with Gasteiger partial charge in [0, 0.05) is 22.4 Å². The van der Waals surface area contributed by atoms with Crippen LogP contribution in [0.1, 0.15) is 31.2 Å². The van der Waals surface area contributed by atoms with Gasteiger partial charge in [0.25, 0.3) is 0 Å². The third-order valence-corrected chi connectivity index (χ3v) is 2.52. The van der Waals surface area contributed by atoms with E-state index in [0.717, 1.165) is 11.1 Å². The van der Waals surface area contributed by atoms with Gasteiger partial charge < -0.3 is 4.57 Å². The third kappa shape index (κ3) is 2.66. The molecule has 1 nitrogen and oxygen atoms in total. The highest BCUT2D eigenvalue weighted by molar-refractivity contribution is 7.71. The van der Waals surface area contributed by atoms with Gasteiger partial charge in [0.1, 0.15) is 0 Å². The van der Waals surface area contributed by atoms with Crippen molar-refractivity contribution in [1.29, 1.82) is 0 Å². The molecule has 0 spiro atoms. The van der Waals surface area contributed by atoms with Crippen molar-refractivity contribution in [3.63, 3.8) is 0 Å². The van der Waals surface area contributed by atoms with E-state index < -0.39 is 0 Å². The lowest BCUT2D eigenvalue weighted by Crippen LogP contribution is -2.06. The zero-order chi connectivity index (χ0) is 9.84. The van der Waals surface area contributed by atoms with Crippen molar-refractivity contribution >= 4 is 12.2 Å². The first-order valence-corrected chi connectivity index (χ1v) is 5.24. The molecule has 0 aliphatic carbocycles. The lowest BCUT2D eigenvalue weighted by molar-refractivity contribution is 0.600. The second-order valence-electron chi connectivity index (χ2n) is 3.48. The highest BCUT2D eigenvalue weighted by Gasteiger charge is 1.98. The molecule has 1 heterocycles. The molecule has 0 fully saturated rings. The molecule has 0 N–H and O–H groups in total. The van der Waals surface area contributed by atoms with Gasteiger partial charge in [-0.15, -0.1) is 0 Å². The first-order valence-electron chi connectivity index (χ1n) is 4.83. The summed E-state index contributed by atoms with van der Waals surface area (Å²) < 4.78 is 3.28. The van der Waals surface area contributed by atoms with E-state index in [4.69, 9.17) is 12.2 Å². The number of rotatable bonds is 3. The van der Waals surface area contributed by atoms with Crippen LogP contribution in [0.5, 0.6) is 0 Å². The molecular weight excluding hydrogens is 178 g/mol. The highest BCUT2D eigenvalue weighted by atomic mass is 32.1. The van der Waals surface area contributed by atoms with Crippen LogP contribution in [-0.4, -0.2) is 4.57 Å². The van der Waals surface area contributed by atoms with E-state index in [9.17, 15) is 0 Å². The van der Waals surface area contributed by atoms with Crippen molar-refractivity contribution in [2.75, 3.05) is 0 Å². The second kappa shape index (κ2) is 4.56. The molecular formula is C11H17NS. The van der Waals surface area contributed by atoms with Crippen LogP contribution in [-0.2, 0) is 6.54 Å². The topological polar surface area (TPSA) is 4.93 Å². The number of aryl methyl sites for hydroxylation is 2. The van der Waals surface area contributed by atoms with Crippen LogP contribution < -0.4 is 0 Å². The van der Waals surface area contributed by atoms with E-state index >= 15 is 0 Å². The molecule has 0 saturated heterocycles. The second-order valence-corrected chi connectivity index (χ2v) is 3.95. The molecule has 72 valence electrons. The quantitative estimate of drug-likeness (QED) is 0.667. The molecule has 1 aromatic heterocycles. The van der Waals surface area contributed by atoms with Crippen molar-refractivity contribution < 1.29 is 0 Å². The van der Waals surface area contributed by atoms with E-state index in [2.05, 4.69) is 37.5 Å². The van der Waals surface area contributed by atoms with Gasteiger partial charge in [-0.3, -0.25) is 0 Å². The first kappa shape index (κ1) is 10.5. The Bertz CT molecular complexity index is 312. The Morgan fingerprint density at radius 3 is 2.23 bits per heavy atom. The number of aromatic nitrogens is 1. The molecule has 0 aromatic carbocycles. The number of nitrogens with zero attached hydrogens (tertiary/aromatic N) is 1. The minimum Gasteiger partial charge on any atom is -0.349 e. The summed E-state index contributed by atoms with van der Waals surface area (Å²) in [5.74, 6) is 0. The minimum atomic E-state index is 0.947.